The van der Waals surface area contributed by atoms with E-state index in [2.05, 4.69) is 10.3 Å². The number of nitrogens with one attached hydrogen (secondary N) is 1. The van der Waals surface area contributed by atoms with E-state index in [0.29, 0.717) is 22.3 Å². The lowest BCUT2D eigenvalue weighted by molar-refractivity contribution is -0.137. The van der Waals surface area contributed by atoms with Crippen LogP contribution in [0.4, 0.5) is 18.9 Å². The molecule has 5 nitrogen and oxygen atoms in total. The van der Waals surface area contributed by atoms with Crippen molar-refractivity contribution in [2.75, 3.05) is 5.32 Å². The molecule has 32 heavy (non-hydrogen) atoms. The minimum Gasteiger partial charge on any atom is -0.320 e. The second-order valence-corrected chi connectivity index (χ2v) is 8.45. The molecule has 0 aliphatic rings. The predicted molar refractivity (Wildman–Crippen MR) is 119 cm³/mol. The number of carbonyl (C=O) groups excluding carboxylic acids is 1. The summed E-state index contributed by atoms with van der Waals surface area (Å²) >= 11 is 6.97. The molecule has 0 radical (unpaired) electrons. The summed E-state index contributed by atoms with van der Waals surface area (Å²) in [6, 6.07) is 12.0. The van der Waals surface area contributed by atoms with Gasteiger partial charge in [0.1, 0.15) is 4.83 Å². The van der Waals surface area contributed by atoms with Crippen LogP contribution in [0.3, 0.4) is 0 Å². The van der Waals surface area contributed by atoms with Gasteiger partial charge < -0.3 is 5.32 Å². The Morgan fingerprint density at radius 2 is 1.91 bits per heavy atom. The van der Waals surface area contributed by atoms with Gasteiger partial charge in [-0.05, 0) is 36.2 Å². The van der Waals surface area contributed by atoms with Crippen LogP contribution in [0.2, 0.25) is 5.02 Å². The lowest BCUT2D eigenvalue weighted by Crippen LogP contribution is -2.21. The number of benzene rings is 2. The van der Waals surface area contributed by atoms with Crippen LogP contribution in [0.25, 0.3) is 10.2 Å². The summed E-state index contributed by atoms with van der Waals surface area (Å²) in [6.07, 6.45) is -3.16. The molecule has 164 valence electrons. The van der Waals surface area contributed by atoms with Crippen LogP contribution in [0.1, 0.15) is 26.4 Å². The maximum atomic E-state index is 13.0. The van der Waals surface area contributed by atoms with E-state index in [0.717, 1.165) is 35.1 Å². The number of aromatic nitrogens is 2. The Bertz CT molecular complexity index is 1380. The molecule has 0 saturated carbocycles. The van der Waals surface area contributed by atoms with Crippen LogP contribution in [-0.4, -0.2) is 15.5 Å². The number of halogens is 4. The molecule has 0 aliphatic carbocycles. The maximum Gasteiger partial charge on any atom is 0.416 e. The van der Waals surface area contributed by atoms with Gasteiger partial charge in [-0.1, -0.05) is 41.9 Å². The fourth-order valence-electron chi connectivity index (χ4n) is 3.24. The Kier molecular flexibility index (Phi) is 5.79. The van der Waals surface area contributed by atoms with E-state index >= 15 is 0 Å². The molecule has 0 fully saturated rings. The number of thiophene rings is 1. The molecule has 0 spiro atoms. The monoisotopic (exact) mass is 477 g/mol. The average molecular weight is 478 g/mol. The third kappa shape index (κ3) is 4.26. The van der Waals surface area contributed by atoms with Gasteiger partial charge in [0.15, 0.2) is 0 Å². The minimum absolute atomic E-state index is 0.0338. The molecule has 1 amide bonds. The molecule has 0 saturated heterocycles. The van der Waals surface area contributed by atoms with E-state index < -0.39 is 17.6 Å². The Hall–Kier alpha value is -3.17. The fraction of sp³-hybridized carbons (Fsp3) is 0.136. The van der Waals surface area contributed by atoms with Crippen molar-refractivity contribution in [2.24, 2.45) is 0 Å². The molecule has 0 aliphatic heterocycles. The lowest BCUT2D eigenvalue weighted by Gasteiger charge is -2.11. The van der Waals surface area contributed by atoms with Crippen molar-refractivity contribution in [3.63, 3.8) is 0 Å². The van der Waals surface area contributed by atoms with Crippen molar-refractivity contribution in [3.8, 4) is 0 Å². The number of amides is 1. The van der Waals surface area contributed by atoms with Crippen molar-refractivity contribution in [1.29, 1.82) is 0 Å². The molecule has 4 rings (SSSR count). The van der Waals surface area contributed by atoms with E-state index in [-0.39, 0.29) is 21.1 Å². The highest BCUT2D eigenvalue weighted by molar-refractivity contribution is 7.20. The number of aryl methyl sites for hydroxylation is 1. The van der Waals surface area contributed by atoms with Gasteiger partial charge in [-0.25, -0.2) is 4.98 Å². The number of nitrogens with zero attached hydrogens (tertiary/aromatic N) is 2. The van der Waals surface area contributed by atoms with Crippen LogP contribution < -0.4 is 10.9 Å². The van der Waals surface area contributed by atoms with Crippen molar-refractivity contribution in [1.82, 2.24) is 9.55 Å². The van der Waals surface area contributed by atoms with Crippen molar-refractivity contribution < 1.29 is 18.0 Å². The highest BCUT2D eigenvalue weighted by Gasteiger charge is 2.31. The zero-order valence-electron chi connectivity index (χ0n) is 16.5. The lowest BCUT2D eigenvalue weighted by atomic mass is 10.1. The van der Waals surface area contributed by atoms with Crippen molar-refractivity contribution in [2.45, 2.75) is 19.6 Å². The summed E-state index contributed by atoms with van der Waals surface area (Å²) in [6.45, 7) is 1.93. The van der Waals surface area contributed by atoms with Gasteiger partial charge >= 0.3 is 6.18 Å². The molecule has 1 N–H and O–H groups in total. The molecular weight excluding hydrogens is 463 g/mol. The average Bonchev–Trinajstić information content (AvgIpc) is 3.09. The third-order valence-corrected chi connectivity index (χ3v) is 6.39. The number of anilines is 1. The van der Waals surface area contributed by atoms with Crippen molar-refractivity contribution >= 4 is 44.7 Å². The van der Waals surface area contributed by atoms with Gasteiger partial charge in [0, 0.05) is 0 Å². The predicted octanol–water partition coefficient (Wildman–Crippen LogP) is 5.74. The molecule has 10 heteroatoms. The molecule has 0 bridgehead atoms. The molecule has 0 unspecified atom stereocenters. The number of rotatable bonds is 4. The molecule has 2 aromatic carbocycles. The number of fused-ring (bicyclic) bond motifs is 1. The SMILES string of the molecule is Cc1c(C(=O)Nc2cc(C(F)(F)F)ccc2Cl)sc2ncn(Cc3ccccc3)c(=O)c12. The van der Waals surface area contributed by atoms with Crippen LogP contribution in [0, 0.1) is 6.92 Å². The second kappa shape index (κ2) is 8.40. The van der Waals surface area contributed by atoms with E-state index in [4.69, 9.17) is 11.6 Å². The third-order valence-electron chi connectivity index (χ3n) is 4.86. The Balaban J connectivity index is 1.68. The maximum absolute atomic E-state index is 13.0. The van der Waals surface area contributed by atoms with Crippen LogP contribution in [0.15, 0.2) is 59.7 Å². The Labute approximate surface area is 189 Å². The van der Waals surface area contributed by atoms with E-state index in [1.165, 1.54) is 10.9 Å². The molecule has 4 aromatic rings. The van der Waals surface area contributed by atoms with Crippen LogP contribution >= 0.6 is 22.9 Å². The zero-order valence-corrected chi connectivity index (χ0v) is 18.1. The normalized spacial score (nSPS) is 11.7. The minimum atomic E-state index is -4.58. The highest BCUT2D eigenvalue weighted by Crippen LogP contribution is 2.35. The van der Waals surface area contributed by atoms with Crippen LogP contribution in [0.5, 0.6) is 0 Å². The van der Waals surface area contributed by atoms with Gasteiger partial charge in [-0.2, -0.15) is 13.2 Å². The first-order chi connectivity index (χ1) is 15.1. The summed E-state index contributed by atoms with van der Waals surface area (Å²) in [5.74, 6) is -0.666. The first-order valence-electron chi connectivity index (χ1n) is 9.35. The summed E-state index contributed by atoms with van der Waals surface area (Å²) in [4.78, 5) is 30.7. The number of hydrogen-bond acceptors (Lipinski definition) is 4. The number of alkyl halides is 3. The standard InChI is InChI=1S/C22H15ClF3N3O2S/c1-12-17-20(27-11-29(21(17)31)10-13-5-3-2-4-6-13)32-18(12)19(30)28-16-9-14(22(24,25)26)7-8-15(16)23/h2-9,11H,10H2,1H3,(H,28,30). The summed E-state index contributed by atoms with van der Waals surface area (Å²) < 4.78 is 40.5. The van der Waals surface area contributed by atoms with Gasteiger partial charge in [0.25, 0.3) is 11.5 Å². The molecule has 2 heterocycles. The number of hydrogen-bond donors (Lipinski definition) is 1. The summed E-state index contributed by atoms with van der Waals surface area (Å²) in [5.41, 5.74) is -0.0800. The zero-order chi connectivity index (χ0) is 23.0. The fourth-order valence-corrected chi connectivity index (χ4v) is 4.44. The van der Waals surface area contributed by atoms with Gasteiger partial charge in [0.2, 0.25) is 0 Å². The summed E-state index contributed by atoms with van der Waals surface area (Å²) in [7, 11) is 0. The van der Waals surface area contributed by atoms with E-state index in [1.807, 2.05) is 30.3 Å². The Morgan fingerprint density at radius 3 is 2.59 bits per heavy atom. The largest absolute Gasteiger partial charge is 0.416 e. The van der Waals surface area contributed by atoms with E-state index in [9.17, 15) is 22.8 Å². The molecule has 0 atom stereocenters. The van der Waals surface area contributed by atoms with Crippen LogP contribution in [-0.2, 0) is 12.7 Å². The Morgan fingerprint density at radius 1 is 1.19 bits per heavy atom. The quantitative estimate of drug-likeness (QED) is 0.407. The first-order valence-corrected chi connectivity index (χ1v) is 10.5. The highest BCUT2D eigenvalue weighted by atomic mass is 35.5. The smallest absolute Gasteiger partial charge is 0.320 e. The van der Waals surface area contributed by atoms with Gasteiger partial charge in [-0.3, -0.25) is 14.2 Å². The van der Waals surface area contributed by atoms with Gasteiger partial charge in [-0.15, -0.1) is 11.3 Å². The molecule has 2 aromatic heterocycles. The molecular formula is C22H15ClF3N3O2S. The van der Waals surface area contributed by atoms with Crippen molar-refractivity contribution in [3.05, 3.63) is 91.8 Å². The topological polar surface area (TPSA) is 64.0 Å². The number of carbonyl (C=O) groups is 1. The summed E-state index contributed by atoms with van der Waals surface area (Å²) in [5, 5.41) is 2.68. The van der Waals surface area contributed by atoms with Gasteiger partial charge in [0.05, 0.1) is 39.4 Å². The second-order valence-electron chi connectivity index (χ2n) is 7.05. The van der Waals surface area contributed by atoms with E-state index in [1.54, 1.807) is 6.92 Å². The first kappa shape index (κ1) is 22.0.